The third-order valence-electron chi connectivity index (χ3n) is 4.58. The minimum atomic E-state index is -3.98. The second kappa shape index (κ2) is 9.46. The molecule has 2 N–H and O–H groups in total. The largest absolute Gasteiger partial charge is 0.493 e. The summed E-state index contributed by atoms with van der Waals surface area (Å²) < 4.78 is 51.1. The van der Waals surface area contributed by atoms with E-state index in [-0.39, 0.29) is 21.5 Å². The highest BCUT2D eigenvalue weighted by Gasteiger charge is 2.17. The van der Waals surface area contributed by atoms with E-state index in [0.29, 0.717) is 22.7 Å². The van der Waals surface area contributed by atoms with Gasteiger partial charge in [0, 0.05) is 23.0 Å². The molecule has 0 aromatic heterocycles. The molecule has 0 aliphatic heterocycles. The number of methoxy groups -OCH3 is 2. The first-order chi connectivity index (χ1) is 15.1. The SMILES string of the molecule is COc1cc(C)c(NC(=O)c2ccc(NS(=O)(=O)c3ccc(F)c(Cl)c3)cc2)cc1OC. The van der Waals surface area contributed by atoms with Crippen molar-refractivity contribution >= 4 is 38.9 Å². The zero-order chi connectivity index (χ0) is 23.5. The Bertz CT molecular complexity index is 1260. The number of sulfonamides is 1. The molecule has 0 saturated carbocycles. The maximum absolute atomic E-state index is 13.3. The summed E-state index contributed by atoms with van der Waals surface area (Å²) in [7, 11) is -0.959. The summed E-state index contributed by atoms with van der Waals surface area (Å²) in [5.41, 5.74) is 1.86. The minimum absolute atomic E-state index is 0.186. The Hall–Kier alpha value is -3.30. The van der Waals surface area contributed by atoms with Crippen molar-refractivity contribution in [3.63, 3.8) is 0 Å². The van der Waals surface area contributed by atoms with Crippen molar-refractivity contribution in [1.82, 2.24) is 0 Å². The highest BCUT2D eigenvalue weighted by atomic mass is 35.5. The van der Waals surface area contributed by atoms with Crippen LogP contribution in [0.25, 0.3) is 0 Å². The summed E-state index contributed by atoms with van der Waals surface area (Å²) in [5, 5.41) is 2.49. The fourth-order valence-electron chi connectivity index (χ4n) is 2.86. The molecule has 3 aromatic rings. The van der Waals surface area contributed by atoms with Crippen LogP contribution in [0.3, 0.4) is 0 Å². The van der Waals surface area contributed by atoms with Gasteiger partial charge in [0.2, 0.25) is 0 Å². The first kappa shape index (κ1) is 23.4. The molecule has 0 saturated heterocycles. The molecule has 0 bridgehead atoms. The standard InChI is InChI=1S/C22H20ClFN2O5S/c1-13-10-20(30-2)21(31-3)12-19(13)25-22(27)14-4-6-15(7-5-14)26-32(28,29)16-8-9-18(24)17(23)11-16/h4-12,26H,1-3H3,(H,25,27). The highest BCUT2D eigenvalue weighted by Crippen LogP contribution is 2.33. The monoisotopic (exact) mass is 478 g/mol. The van der Waals surface area contributed by atoms with Crippen LogP contribution in [0.2, 0.25) is 5.02 Å². The molecule has 10 heteroatoms. The normalized spacial score (nSPS) is 11.0. The van der Waals surface area contributed by atoms with E-state index in [9.17, 15) is 17.6 Å². The van der Waals surface area contributed by atoms with Gasteiger partial charge in [-0.05, 0) is 61.0 Å². The number of hydrogen-bond donors (Lipinski definition) is 2. The molecular formula is C22H20ClFN2O5S. The summed E-state index contributed by atoms with van der Waals surface area (Å²) in [4.78, 5) is 12.5. The minimum Gasteiger partial charge on any atom is -0.493 e. The fraction of sp³-hybridized carbons (Fsp3) is 0.136. The van der Waals surface area contributed by atoms with Crippen molar-refractivity contribution < 1.29 is 27.1 Å². The average molecular weight is 479 g/mol. The summed E-state index contributed by atoms with van der Waals surface area (Å²) in [6, 6.07) is 12.3. The number of ether oxygens (including phenoxy) is 2. The van der Waals surface area contributed by atoms with Gasteiger partial charge in [-0.25, -0.2) is 12.8 Å². The lowest BCUT2D eigenvalue weighted by molar-refractivity contribution is 0.102. The maximum atomic E-state index is 13.3. The smallest absolute Gasteiger partial charge is 0.261 e. The van der Waals surface area contributed by atoms with Crippen LogP contribution in [-0.2, 0) is 10.0 Å². The Balaban J connectivity index is 1.75. The summed E-state index contributed by atoms with van der Waals surface area (Å²) >= 11 is 5.67. The Kier molecular flexibility index (Phi) is 6.90. The number of nitrogens with one attached hydrogen (secondary N) is 2. The van der Waals surface area contributed by atoms with Gasteiger partial charge in [0.1, 0.15) is 5.82 Å². The van der Waals surface area contributed by atoms with Crippen LogP contribution in [-0.4, -0.2) is 28.5 Å². The lowest BCUT2D eigenvalue weighted by Gasteiger charge is -2.14. The number of carbonyl (C=O) groups excluding carboxylic acids is 1. The van der Waals surface area contributed by atoms with E-state index in [2.05, 4.69) is 10.0 Å². The highest BCUT2D eigenvalue weighted by molar-refractivity contribution is 7.92. The lowest BCUT2D eigenvalue weighted by atomic mass is 10.1. The van der Waals surface area contributed by atoms with Crippen LogP contribution >= 0.6 is 11.6 Å². The Morgan fingerprint density at radius 1 is 0.969 bits per heavy atom. The molecule has 0 radical (unpaired) electrons. The molecule has 1 amide bonds. The third-order valence-corrected chi connectivity index (χ3v) is 6.25. The quantitative estimate of drug-likeness (QED) is 0.506. The number of carbonyl (C=O) groups is 1. The molecule has 0 heterocycles. The van der Waals surface area contributed by atoms with Crippen molar-refractivity contribution in [1.29, 1.82) is 0 Å². The molecule has 0 fully saturated rings. The second-order valence-electron chi connectivity index (χ2n) is 6.74. The third kappa shape index (κ3) is 5.12. The van der Waals surface area contributed by atoms with Crippen LogP contribution in [0.5, 0.6) is 11.5 Å². The Morgan fingerprint density at radius 3 is 2.19 bits per heavy atom. The molecule has 3 rings (SSSR count). The van der Waals surface area contributed by atoms with Crippen molar-refractivity contribution in [3.8, 4) is 11.5 Å². The van der Waals surface area contributed by atoms with Crippen LogP contribution < -0.4 is 19.5 Å². The number of hydrogen-bond acceptors (Lipinski definition) is 5. The Morgan fingerprint density at radius 2 is 1.59 bits per heavy atom. The van der Waals surface area contributed by atoms with E-state index < -0.39 is 15.8 Å². The zero-order valence-corrected chi connectivity index (χ0v) is 19.0. The first-order valence-corrected chi connectivity index (χ1v) is 11.1. The fourth-order valence-corrected chi connectivity index (χ4v) is 4.19. The number of anilines is 2. The molecule has 0 aliphatic carbocycles. The van der Waals surface area contributed by atoms with Gasteiger partial charge in [0.15, 0.2) is 11.5 Å². The molecule has 32 heavy (non-hydrogen) atoms. The van der Waals surface area contributed by atoms with Crippen LogP contribution in [0, 0.1) is 12.7 Å². The molecule has 0 atom stereocenters. The molecule has 168 valence electrons. The first-order valence-electron chi connectivity index (χ1n) is 9.26. The van der Waals surface area contributed by atoms with Crippen LogP contribution in [0.1, 0.15) is 15.9 Å². The lowest BCUT2D eigenvalue weighted by Crippen LogP contribution is -2.15. The van der Waals surface area contributed by atoms with E-state index in [1.807, 2.05) is 6.92 Å². The number of benzene rings is 3. The van der Waals surface area contributed by atoms with Crippen LogP contribution in [0.15, 0.2) is 59.5 Å². The van der Waals surface area contributed by atoms with E-state index in [0.717, 1.165) is 23.8 Å². The van der Waals surface area contributed by atoms with Gasteiger partial charge in [-0.3, -0.25) is 9.52 Å². The Labute approximate surface area is 190 Å². The molecule has 0 unspecified atom stereocenters. The molecule has 7 nitrogen and oxygen atoms in total. The predicted molar refractivity (Wildman–Crippen MR) is 121 cm³/mol. The predicted octanol–water partition coefficient (Wildman–Crippen LogP) is 4.86. The van der Waals surface area contributed by atoms with Gasteiger partial charge in [0.05, 0.1) is 24.1 Å². The van der Waals surface area contributed by atoms with E-state index in [1.54, 1.807) is 12.1 Å². The van der Waals surface area contributed by atoms with E-state index in [1.165, 1.54) is 38.5 Å². The van der Waals surface area contributed by atoms with E-state index >= 15 is 0 Å². The van der Waals surface area contributed by atoms with Crippen molar-refractivity contribution in [2.45, 2.75) is 11.8 Å². The van der Waals surface area contributed by atoms with Gasteiger partial charge < -0.3 is 14.8 Å². The second-order valence-corrected chi connectivity index (χ2v) is 8.82. The molecule has 0 spiro atoms. The topological polar surface area (TPSA) is 93.7 Å². The van der Waals surface area contributed by atoms with Crippen LogP contribution in [0.4, 0.5) is 15.8 Å². The average Bonchev–Trinajstić information content (AvgIpc) is 2.76. The van der Waals surface area contributed by atoms with Gasteiger partial charge >= 0.3 is 0 Å². The summed E-state index contributed by atoms with van der Waals surface area (Å²) in [6.07, 6.45) is 0. The van der Waals surface area contributed by atoms with Gasteiger partial charge in [-0.1, -0.05) is 11.6 Å². The van der Waals surface area contributed by atoms with E-state index in [4.69, 9.17) is 21.1 Å². The zero-order valence-electron chi connectivity index (χ0n) is 17.4. The van der Waals surface area contributed by atoms with Gasteiger partial charge in [0.25, 0.3) is 15.9 Å². The summed E-state index contributed by atoms with van der Waals surface area (Å²) in [6.45, 7) is 1.82. The number of rotatable bonds is 7. The molecular weight excluding hydrogens is 459 g/mol. The molecule has 0 aliphatic rings. The maximum Gasteiger partial charge on any atom is 0.261 e. The summed E-state index contributed by atoms with van der Waals surface area (Å²) in [5.74, 6) is -0.0909. The van der Waals surface area contributed by atoms with Gasteiger partial charge in [-0.15, -0.1) is 0 Å². The number of aryl methyl sites for hydroxylation is 1. The molecule has 3 aromatic carbocycles. The number of halogens is 2. The van der Waals surface area contributed by atoms with Crippen molar-refractivity contribution in [2.24, 2.45) is 0 Å². The van der Waals surface area contributed by atoms with Crippen molar-refractivity contribution in [3.05, 3.63) is 76.6 Å². The van der Waals surface area contributed by atoms with Crippen molar-refractivity contribution in [2.75, 3.05) is 24.3 Å². The number of amides is 1. The van der Waals surface area contributed by atoms with Gasteiger partial charge in [-0.2, -0.15) is 0 Å².